The number of benzene rings is 1. The topological polar surface area (TPSA) is 48.1 Å². The molecule has 0 aliphatic heterocycles. The molecule has 0 fully saturated rings. The Hall–Kier alpha value is -0.910. The average molecular weight is 358 g/mol. The van der Waals surface area contributed by atoms with Gasteiger partial charge in [0.15, 0.2) is 0 Å². The van der Waals surface area contributed by atoms with E-state index in [0.29, 0.717) is 12.4 Å². The van der Waals surface area contributed by atoms with Crippen LogP contribution in [0.25, 0.3) is 0 Å². The third-order valence-electron chi connectivity index (χ3n) is 2.12. The standard InChI is InChI=1S/C12H10Br2N2O/c13-9-2-1-3-11(5-9)17-12-8(6-15)4-10(14)7-16-12/h1-5,7H,6,15H2. The van der Waals surface area contributed by atoms with Gasteiger partial charge in [0, 0.05) is 27.3 Å². The third-order valence-corrected chi connectivity index (χ3v) is 3.05. The molecule has 2 aromatic rings. The second-order valence-electron chi connectivity index (χ2n) is 3.38. The lowest BCUT2D eigenvalue weighted by Gasteiger charge is -2.09. The minimum Gasteiger partial charge on any atom is -0.439 e. The number of rotatable bonds is 3. The smallest absolute Gasteiger partial charge is 0.223 e. The molecule has 5 heteroatoms. The van der Waals surface area contributed by atoms with Crippen LogP contribution in [-0.2, 0) is 6.54 Å². The van der Waals surface area contributed by atoms with Crippen LogP contribution in [-0.4, -0.2) is 4.98 Å². The first-order valence-corrected chi connectivity index (χ1v) is 6.55. The van der Waals surface area contributed by atoms with Crippen molar-refractivity contribution in [2.75, 3.05) is 0 Å². The SMILES string of the molecule is NCc1cc(Br)cnc1Oc1cccc(Br)c1. The van der Waals surface area contributed by atoms with E-state index < -0.39 is 0 Å². The summed E-state index contributed by atoms with van der Waals surface area (Å²) in [6, 6.07) is 9.49. The van der Waals surface area contributed by atoms with Gasteiger partial charge in [-0.15, -0.1) is 0 Å². The maximum absolute atomic E-state index is 5.69. The molecule has 1 heterocycles. The van der Waals surface area contributed by atoms with Gasteiger partial charge in [-0.25, -0.2) is 4.98 Å². The summed E-state index contributed by atoms with van der Waals surface area (Å²) >= 11 is 6.74. The van der Waals surface area contributed by atoms with Crippen molar-refractivity contribution in [2.24, 2.45) is 5.73 Å². The highest BCUT2D eigenvalue weighted by Gasteiger charge is 2.06. The Bertz CT molecular complexity index is 532. The van der Waals surface area contributed by atoms with E-state index in [1.165, 1.54) is 0 Å². The van der Waals surface area contributed by atoms with Crippen LogP contribution in [0.3, 0.4) is 0 Å². The second kappa shape index (κ2) is 5.62. The Morgan fingerprint density at radius 3 is 2.71 bits per heavy atom. The molecule has 2 N–H and O–H groups in total. The van der Waals surface area contributed by atoms with E-state index in [0.717, 1.165) is 20.3 Å². The van der Waals surface area contributed by atoms with Crippen LogP contribution in [0.5, 0.6) is 11.6 Å². The van der Waals surface area contributed by atoms with Crippen LogP contribution in [0.1, 0.15) is 5.56 Å². The Morgan fingerprint density at radius 2 is 2.00 bits per heavy atom. The molecule has 0 saturated carbocycles. The number of ether oxygens (including phenoxy) is 1. The largest absolute Gasteiger partial charge is 0.439 e. The van der Waals surface area contributed by atoms with Crippen molar-refractivity contribution < 1.29 is 4.74 Å². The van der Waals surface area contributed by atoms with Gasteiger partial charge in [0.05, 0.1) is 0 Å². The van der Waals surface area contributed by atoms with Gasteiger partial charge in [-0.2, -0.15) is 0 Å². The Balaban J connectivity index is 2.29. The van der Waals surface area contributed by atoms with Gasteiger partial charge in [-0.1, -0.05) is 22.0 Å². The predicted octanol–water partition coefficient (Wildman–Crippen LogP) is 3.86. The zero-order chi connectivity index (χ0) is 12.3. The number of nitrogens with zero attached hydrogens (tertiary/aromatic N) is 1. The van der Waals surface area contributed by atoms with Crippen LogP contribution >= 0.6 is 31.9 Å². The molecule has 0 atom stereocenters. The summed E-state index contributed by atoms with van der Waals surface area (Å²) in [5.74, 6) is 1.26. The highest BCUT2D eigenvalue weighted by Crippen LogP contribution is 2.26. The second-order valence-corrected chi connectivity index (χ2v) is 5.21. The molecule has 17 heavy (non-hydrogen) atoms. The molecule has 1 aromatic heterocycles. The van der Waals surface area contributed by atoms with E-state index in [2.05, 4.69) is 36.8 Å². The van der Waals surface area contributed by atoms with Crippen molar-refractivity contribution in [2.45, 2.75) is 6.54 Å². The molecule has 3 nitrogen and oxygen atoms in total. The highest BCUT2D eigenvalue weighted by molar-refractivity contribution is 9.10. The molecule has 1 aromatic carbocycles. The lowest BCUT2D eigenvalue weighted by Crippen LogP contribution is -2.01. The maximum atomic E-state index is 5.69. The summed E-state index contributed by atoms with van der Waals surface area (Å²) in [6.45, 7) is 0.385. The van der Waals surface area contributed by atoms with E-state index in [1.54, 1.807) is 6.20 Å². The number of hydrogen-bond acceptors (Lipinski definition) is 3. The summed E-state index contributed by atoms with van der Waals surface area (Å²) < 4.78 is 7.54. The van der Waals surface area contributed by atoms with Gasteiger partial charge < -0.3 is 10.5 Å². The molecule has 0 spiro atoms. The minimum absolute atomic E-state index is 0.385. The number of nitrogens with two attached hydrogens (primary N) is 1. The van der Waals surface area contributed by atoms with Crippen molar-refractivity contribution >= 4 is 31.9 Å². The fourth-order valence-electron chi connectivity index (χ4n) is 1.35. The van der Waals surface area contributed by atoms with E-state index >= 15 is 0 Å². The van der Waals surface area contributed by atoms with Gasteiger partial charge in [-0.3, -0.25) is 0 Å². The molecule has 0 radical (unpaired) electrons. The minimum atomic E-state index is 0.385. The van der Waals surface area contributed by atoms with Gasteiger partial charge in [-0.05, 0) is 40.2 Å². The maximum Gasteiger partial charge on any atom is 0.223 e. The summed E-state index contributed by atoms with van der Waals surface area (Å²) in [5.41, 5.74) is 6.51. The van der Waals surface area contributed by atoms with Crippen molar-refractivity contribution in [3.63, 3.8) is 0 Å². The Morgan fingerprint density at radius 1 is 1.18 bits per heavy atom. The summed E-state index contributed by atoms with van der Waals surface area (Å²) in [7, 11) is 0. The van der Waals surface area contributed by atoms with Crippen LogP contribution in [0.2, 0.25) is 0 Å². The fourth-order valence-corrected chi connectivity index (χ4v) is 2.11. The Labute approximate surface area is 116 Å². The average Bonchev–Trinajstić information content (AvgIpc) is 2.31. The number of hydrogen-bond donors (Lipinski definition) is 1. The molecule has 88 valence electrons. The predicted molar refractivity (Wildman–Crippen MR) is 74.0 cm³/mol. The van der Waals surface area contributed by atoms with Crippen molar-refractivity contribution in [3.8, 4) is 11.6 Å². The molecule has 0 amide bonds. The first kappa shape index (κ1) is 12.5. The van der Waals surface area contributed by atoms with E-state index in [-0.39, 0.29) is 0 Å². The quantitative estimate of drug-likeness (QED) is 0.907. The van der Waals surface area contributed by atoms with Crippen LogP contribution in [0, 0.1) is 0 Å². The number of aromatic nitrogens is 1. The van der Waals surface area contributed by atoms with E-state index in [1.807, 2.05) is 30.3 Å². The van der Waals surface area contributed by atoms with E-state index in [9.17, 15) is 0 Å². The Kier molecular flexibility index (Phi) is 4.15. The molecule has 0 saturated heterocycles. The van der Waals surface area contributed by atoms with Gasteiger partial charge >= 0.3 is 0 Å². The molecule has 0 aliphatic rings. The monoisotopic (exact) mass is 356 g/mol. The fraction of sp³-hybridized carbons (Fsp3) is 0.0833. The third kappa shape index (κ3) is 3.28. The highest BCUT2D eigenvalue weighted by atomic mass is 79.9. The normalized spacial score (nSPS) is 10.3. The van der Waals surface area contributed by atoms with E-state index in [4.69, 9.17) is 10.5 Å². The van der Waals surface area contributed by atoms with Crippen molar-refractivity contribution in [1.82, 2.24) is 4.98 Å². The zero-order valence-electron chi connectivity index (χ0n) is 8.86. The summed E-state index contributed by atoms with van der Waals surface area (Å²) in [4.78, 5) is 4.21. The molecule has 0 bridgehead atoms. The molecule has 0 unspecified atom stereocenters. The molecule has 0 aliphatic carbocycles. The number of pyridine rings is 1. The molecular formula is C12H10Br2N2O. The summed E-state index contributed by atoms with van der Waals surface area (Å²) in [5, 5.41) is 0. The molecule has 2 rings (SSSR count). The van der Waals surface area contributed by atoms with Crippen LogP contribution < -0.4 is 10.5 Å². The van der Waals surface area contributed by atoms with Crippen molar-refractivity contribution in [3.05, 3.63) is 51.0 Å². The molecular weight excluding hydrogens is 348 g/mol. The van der Waals surface area contributed by atoms with Gasteiger partial charge in [0.2, 0.25) is 5.88 Å². The number of halogens is 2. The lowest BCUT2D eigenvalue weighted by molar-refractivity contribution is 0.456. The lowest BCUT2D eigenvalue weighted by atomic mass is 10.3. The first-order chi connectivity index (χ1) is 8.19. The van der Waals surface area contributed by atoms with Crippen LogP contribution in [0.4, 0.5) is 0 Å². The van der Waals surface area contributed by atoms with Crippen LogP contribution in [0.15, 0.2) is 45.5 Å². The summed E-state index contributed by atoms with van der Waals surface area (Å²) in [6.07, 6.45) is 1.69. The van der Waals surface area contributed by atoms with Crippen molar-refractivity contribution in [1.29, 1.82) is 0 Å². The zero-order valence-corrected chi connectivity index (χ0v) is 12.0. The first-order valence-electron chi connectivity index (χ1n) is 4.97. The van der Waals surface area contributed by atoms with Gasteiger partial charge in [0.25, 0.3) is 0 Å². The van der Waals surface area contributed by atoms with Gasteiger partial charge in [0.1, 0.15) is 5.75 Å².